The molecular formula is C22H19N3O3S. The molecule has 1 amide bonds. The van der Waals surface area contributed by atoms with Crippen LogP contribution in [0.2, 0.25) is 0 Å². The van der Waals surface area contributed by atoms with E-state index < -0.39 is 0 Å². The molecule has 0 aliphatic rings. The Morgan fingerprint density at radius 2 is 1.72 bits per heavy atom. The Morgan fingerprint density at radius 3 is 2.45 bits per heavy atom. The Bertz CT molecular complexity index is 1030. The standard InChI is InChI=1S/C22H19N3O3S/c26-20(15-29-22-25-24-21(28-22)19-12-7-13-27-19)23-18(17-10-5-2-6-11-17)14-16-8-3-1-4-9-16/h1-13,18H,14-15H2,(H,23,26)/t18-/m0/s1. The van der Waals surface area contributed by atoms with Crippen molar-refractivity contribution in [3.8, 4) is 11.7 Å². The van der Waals surface area contributed by atoms with E-state index in [0.717, 1.165) is 11.1 Å². The highest BCUT2D eigenvalue weighted by atomic mass is 32.2. The van der Waals surface area contributed by atoms with Crippen LogP contribution in [0.15, 0.2) is 93.1 Å². The fourth-order valence-electron chi connectivity index (χ4n) is 2.92. The number of nitrogens with zero attached hydrogens (tertiary/aromatic N) is 2. The monoisotopic (exact) mass is 405 g/mol. The zero-order valence-electron chi connectivity index (χ0n) is 15.5. The number of furan rings is 1. The van der Waals surface area contributed by atoms with Crippen molar-refractivity contribution in [2.75, 3.05) is 5.75 Å². The summed E-state index contributed by atoms with van der Waals surface area (Å²) in [6.07, 6.45) is 2.25. The number of carbonyl (C=O) groups is 1. The highest BCUT2D eigenvalue weighted by Gasteiger charge is 2.17. The lowest BCUT2D eigenvalue weighted by Crippen LogP contribution is -2.31. The summed E-state index contributed by atoms with van der Waals surface area (Å²) in [6.45, 7) is 0. The third-order valence-electron chi connectivity index (χ3n) is 4.28. The highest BCUT2D eigenvalue weighted by Crippen LogP contribution is 2.24. The summed E-state index contributed by atoms with van der Waals surface area (Å²) in [5, 5.41) is 11.3. The Balaban J connectivity index is 1.39. The molecule has 2 aromatic heterocycles. The number of hydrogen-bond donors (Lipinski definition) is 1. The maximum Gasteiger partial charge on any atom is 0.284 e. The second kappa shape index (κ2) is 9.25. The summed E-state index contributed by atoms with van der Waals surface area (Å²) in [5.74, 6) is 0.875. The SMILES string of the molecule is O=C(CSc1nnc(-c2ccco2)o1)N[C@@H](Cc1ccccc1)c1ccccc1. The fourth-order valence-corrected chi connectivity index (χ4v) is 3.49. The van der Waals surface area contributed by atoms with Crippen molar-refractivity contribution in [1.82, 2.24) is 15.5 Å². The van der Waals surface area contributed by atoms with Gasteiger partial charge in [-0.2, -0.15) is 0 Å². The van der Waals surface area contributed by atoms with Crippen molar-refractivity contribution in [2.24, 2.45) is 0 Å². The van der Waals surface area contributed by atoms with E-state index in [9.17, 15) is 4.79 Å². The van der Waals surface area contributed by atoms with E-state index in [2.05, 4.69) is 27.6 Å². The topological polar surface area (TPSA) is 81.2 Å². The van der Waals surface area contributed by atoms with Crippen molar-refractivity contribution >= 4 is 17.7 Å². The molecule has 0 saturated heterocycles. The predicted octanol–water partition coefficient (Wildman–Crippen LogP) is 4.52. The third kappa shape index (κ3) is 5.14. The number of carbonyl (C=O) groups excluding carboxylic acids is 1. The van der Waals surface area contributed by atoms with E-state index in [0.29, 0.717) is 23.3 Å². The zero-order chi connectivity index (χ0) is 19.9. The van der Waals surface area contributed by atoms with Crippen LogP contribution in [0.1, 0.15) is 17.2 Å². The van der Waals surface area contributed by atoms with Gasteiger partial charge in [0.25, 0.3) is 11.1 Å². The second-order valence-corrected chi connectivity index (χ2v) is 7.29. The second-order valence-electron chi connectivity index (χ2n) is 6.36. The number of hydrogen-bond acceptors (Lipinski definition) is 6. The van der Waals surface area contributed by atoms with E-state index in [1.165, 1.54) is 18.0 Å². The zero-order valence-corrected chi connectivity index (χ0v) is 16.3. The fraction of sp³-hybridized carbons (Fsp3) is 0.136. The first-order valence-corrected chi connectivity index (χ1v) is 10.1. The van der Waals surface area contributed by atoms with Gasteiger partial charge in [-0.15, -0.1) is 10.2 Å². The Kier molecular flexibility index (Phi) is 6.07. The average molecular weight is 405 g/mol. The molecule has 0 radical (unpaired) electrons. The van der Waals surface area contributed by atoms with Crippen molar-refractivity contribution < 1.29 is 13.6 Å². The lowest BCUT2D eigenvalue weighted by molar-refractivity contribution is -0.119. The molecule has 0 fully saturated rings. The molecular weight excluding hydrogens is 386 g/mol. The lowest BCUT2D eigenvalue weighted by atomic mass is 9.99. The summed E-state index contributed by atoms with van der Waals surface area (Å²) in [6, 6.07) is 23.4. The first-order chi connectivity index (χ1) is 14.3. The minimum absolute atomic E-state index is 0.0995. The van der Waals surface area contributed by atoms with Gasteiger partial charge in [-0.25, -0.2) is 0 Å². The molecule has 6 nitrogen and oxygen atoms in total. The first-order valence-electron chi connectivity index (χ1n) is 9.16. The molecule has 4 aromatic rings. The lowest BCUT2D eigenvalue weighted by Gasteiger charge is -2.19. The minimum Gasteiger partial charge on any atom is -0.459 e. The van der Waals surface area contributed by atoms with E-state index >= 15 is 0 Å². The van der Waals surface area contributed by atoms with Gasteiger partial charge in [0.1, 0.15) is 0 Å². The number of nitrogens with one attached hydrogen (secondary N) is 1. The summed E-state index contributed by atoms with van der Waals surface area (Å²) in [7, 11) is 0. The quantitative estimate of drug-likeness (QED) is 0.434. The van der Waals surface area contributed by atoms with Gasteiger partial charge in [0.05, 0.1) is 18.1 Å². The van der Waals surface area contributed by atoms with Crippen LogP contribution in [0.5, 0.6) is 0 Å². The Morgan fingerprint density at radius 1 is 0.966 bits per heavy atom. The maximum atomic E-state index is 12.6. The number of amides is 1. The maximum absolute atomic E-state index is 12.6. The molecule has 2 heterocycles. The average Bonchev–Trinajstić information content (AvgIpc) is 3.45. The van der Waals surface area contributed by atoms with Crippen LogP contribution in [0, 0.1) is 0 Å². The van der Waals surface area contributed by atoms with Gasteiger partial charge in [-0.05, 0) is 29.7 Å². The summed E-state index contributed by atoms with van der Waals surface area (Å²) in [4.78, 5) is 12.6. The normalized spacial score (nSPS) is 11.9. The van der Waals surface area contributed by atoms with Gasteiger partial charge >= 0.3 is 0 Å². The molecule has 1 atom stereocenters. The van der Waals surface area contributed by atoms with Crippen molar-refractivity contribution in [3.63, 3.8) is 0 Å². The van der Waals surface area contributed by atoms with E-state index in [-0.39, 0.29) is 17.7 Å². The smallest absolute Gasteiger partial charge is 0.284 e. The van der Waals surface area contributed by atoms with E-state index in [4.69, 9.17) is 8.83 Å². The van der Waals surface area contributed by atoms with Crippen molar-refractivity contribution in [3.05, 3.63) is 90.2 Å². The van der Waals surface area contributed by atoms with Crippen molar-refractivity contribution in [1.29, 1.82) is 0 Å². The van der Waals surface area contributed by atoms with Crippen LogP contribution in [-0.2, 0) is 11.2 Å². The molecule has 0 unspecified atom stereocenters. The molecule has 0 aliphatic heterocycles. The number of benzene rings is 2. The molecule has 1 N–H and O–H groups in total. The molecule has 146 valence electrons. The number of rotatable bonds is 8. The van der Waals surface area contributed by atoms with Gasteiger partial charge in [0.15, 0.2) is 5.76 Å². The molecule has 4 rings (SSSR count). The minimum atomic E-state index is -0.118. The van der Waals surface area contributed by atoms with Gasteiger partial charge < -0.3 is 14.2 Å². The Hall–Kier alpha value is -3.32. The molecule has 0 spiro atoms. The number of aromatic nitrogens is 2. The van der Waals surface area contributed by atoms with Crippen LogP contribution >= 0.6 is 11.8 Å². The first kappa shape index (κ1) is 19.0. The summed E-state index contributed by atoms with van der Waals surface area (Å²) >= 11 is 1.20. The third-order valence-corrected chi connectivity index (χ3v) is 5.10. The van der Waals surface area contributed by atoms with Gasteiger partial charge in [-0.3, -0.25) is 4.79 Å². The Labute approximate surface area is 172 Å². The summed E-state index contributed by atoms with van der Waals surface area (Å²) < 4.78 is 10.8. The summed E-state index contributed by atoms with van der Waals surface area (Å²) in [5.41, 5.74) is 2.22. The molecule has 29 heavy (non-hydrogen) atoms. The number of thioether (sulfide) groups is 1. The van der Waals surface area contributed by atoms with Crippen molar-refractivity contribution in [2.45, 2.75) is 17.7 Å². The highest BCUT2D eigenvalue weighted by molar-refractivity contribution is 7.99. The van der Waals surface area contributed by atoms with Crippen LogP contribution in [0.25, 0.3) is 11.7 Å². The van der Waals surface area contributed by atoms with E-state index in [1.54, 1.807) is 12.1 Å². The van der Waals surface area contributed by atoms with Gasteiger partial charge in [0.2, 0.25) is 5.91 Å². The largest absolute Gasteiger partial charge is 0.459 e. The van der Waals surface area contributed by atoms with Crippen LogP contribution < -0.4 is 5.32 Å². The van der Waals surface area contributed by atoms with Crippen LogP contribution in [0.3, 0.4) is 0 Å². The van der Waals surface area contributed by atoms with Crippen LogP contribution in [-0.4, -0.2) is 21.9 Å². The molecule has 7 heteroatoms. The molecule has 0 aliphatic carbocycles. The molecule has 0 bridgehead atoms. The van der Waals surface area contributed by atoms with Gasteiger partial charge in [-0.1, -0.05) is 72.4 Å². The predicted molar refractivity (Wildman–Crippen MR) is 110 cm³/mol. The van der Waals surface area contributed by atoms with Crippen LogP contribution in [0.4, 0.5) is 0 Å². The van der Waals surface area contributed by atoms with E-state index in [1.807, 2.05) is 48.5 Å². The molecule has 0 saturated carbocycles. The van der Waals surface area contributed by atoms with Gasteiger partial charge in [0, 0.05) is 0 Å². The molecule has 2 aromatic carbocycles.